The monoisotopic (exact) mass is 357 g/mol. The van der Waals surface area contributed by atoms with Crippen LogP contribution in [-0.4, -0.2) is 20.8 Å². The highest BCUT2D eigenvalue weighted by Crippen LogP contribution is 2.28. The van der Waals surface area contributed by atoms with E-state index in [0.29, 0.717) is 12.0 Å². The maximum absolute atomic E-state index is 7.19. The third-order valence-corrected chi connectivity index (χ3v) is 4.60. The van der Waals surface area contributed by atoms with Crippen LogP contribution in [0.5, 0.6) is 0 Å². The molecular formula is C20H19N7. The Morgan fingerprint density at radius 3 is 2.67 bits per heavy atom. The minimum atomic E-state index is 0.183. The standard InChI is InChI=1S/C20H19N7/c1-2-15-18-14-9-8-13(19(26-21)27-22)11-16(14)24-20(18)25-17(23-15)10-12-6-4-3-5-7-12/h3-9,11,21H,2,10,22H2,1H3,(H,23,24,25)/b26-21?,27-19-. The molecule has 0 fully saturated rings. The predicted molar refractivity (Wildman–Crippen MR) is 106 cm³/mol. The van der Waals surface area contributed by atoms with E-state index in [4.69, 9.17) is 21.3 Å². The highest BCUT2D eigenvalue weighted by molar-refractivity contribution is 6.10. The molecule has 2 aromatic carbocycles. The Labute approximate surface area is 155 Å². The third kappa shape index (κ3) is 3.03. The van der Waals surface area contributed by atoms with Crippen molar-refractivity contribution in [1.29, 1.82) is 5.53 Å². The quantitative estimate of drug-likeness (QED) is 0.169. The maximum Gasteiger partial charge on any atom is 0.199 e. The van der Waals surface area contributed by atoms with Gasteiger partial charge in [-0.25, -0.2) is 15.5 Å². The number of hydrogen-bond acceptors (Lipinski definition) is 5. The Morgan fingerprint density at radius 2 is 1.96 bits per heavy atom. The molecule has 4 rings (SSSR count). The molecule has 2 heterocycles. The van der Waals surface area contributed by atoms with Crippen molar-refractivity contribution in [3.63, 3.8) is 0 Å². The van der Waals surface area contributed by atoms with E-state index < -0.39 is 0 Å². The van der Waals surface area contributed by atoms with E-state index in [1.807, 2.05) is 36.4 Å². The lowest BCUT2D eigenvalue weighted by atomic mass is 10.1. The van der Waals surface area contributed by atoms with Gasteiger partial charge in [0.15, 0.2) is 5.84 Å². The predicted octanol–water partition coefficient (Wildman–Crippen LogP) is 3.92. The molecule has 0 saturated carbocycles. The highest BCUT2D eigenvalue weighted by Gasteiger charge is 2.14. The molecule has 0 aliphatic rings. The van der Waals surface area contributed by atoms with Gasteiger partial charge in [0.2, 0.25) is 0 Å². The average Bonchev–Trinajstić information content (AvgIpc) is 3.06. The molecule has 0 saturated heterocycles. The van der Waals surface area contributed by atoms with E-state index in [-0.39, 0.29) is 5.84 Å². The van der Waals surface area contributed by atoms with Crippen molar-refractivity contribution in [2.75, 3.05) is 0 Å². The van der Waals surface area contributed by atoms with Crippen molar-refractivity contribution in [3.05, 3.63) is 71.2 Å². The fraction of sp³-hybridized carbons (Fsp3) is 0.150. The van der Waals surface area contributed by atoms with Gasteiger partial charge in [-0.1, -0.05) is 49.4 Å². The Morgan fingerprint density at radius 1 is 1.15 bits per heavy atom. The number of aryl methyl sites for hydroxylation is 1. The summed E-state index contributed by atoms with van der Waals surface area (Å²) in [5.74, 6) is 6.29. The third-order valence-electron chi connectivity index (χ3n) is 4.60. The molecule has 0 radical (unpaired) electrons. The van der Waals surface area contributed by atoms with E-state index in [2.05, 4.69) is 34.3 Å². The number of benzene rings is 2. The molecule has 7 nitrogen and oxygen atoms in total. The summed E-state index contributed by atoms with van der Waals surface area (Å²) in [4.78, 5) is 12.9. The van der Waals surface area contributed by atoms with Crippen molar-refractivity contribution < 1.29 is 0 Å². The van der Waals surface area contributed by atoms with Gasteiger partial charge in [0.1, 0.15) is 11.5 Å². The largest absolute Gasteiger partial charge is 0.339 e. The molecule has 4 aromatic rings. The van der Waals surface area contributed by atoms with Crippen LogP contribution in [0, 0.1) is 5.53 Å². The molecule has 2 aromatic heterocycles. The average molecular weight is 357 g/mol. The van der Waals surface area contributed by atoms with E-state index >= 15 is 0 Å². The first-order valence-electron chi connectivity index (χ1n) is 8.74. The van der Waals surface area contributed by atoms with Crippen LogP contribution >= 0.6 is 0 Å². The lowest BCUT2D eigenvalue weighted by Crippen LogP contribution is -2.01. The molecule has 0 atom stereocenters. The number of nitrogens with zero attached hydrogens (tertiary/aromatic N) is 4. The lowest BCUT2D eigenvalue weighted by Gasteiger charge is -2.05. The number of hydrazone groups is 1. The zero-order chi connectivity index (χ0) is 18.8. The smallest absolute Gasteiger partial charge is 0.199 e. The Bertz CT molecular complexity index is 1160. The normalized spacial score (nSPS) is 12.0. The van der Waals surface area contributed by atoms with E-state index in [1.54, 1.807) is 0 Å². The van der Waals surface area contributed by atoms with Gasteiger partial charge in [0, 0.05) is 28.3 Å². The maximum atomic E-state index is 7.19. The fourth-order valence-electron chi connectivity index (χ4n) is 3.35. The van der Waals surface area contributed by atoms with Crippen molar-refractivity contribution in [1.82, 2.24) is 15.0 Å². The van der Waals surface area contributed by atoms with Crippen molar-refractivity contribution in [2.45, 2.75) is 19.8 Å². The van der Waals surface area contributed by atoms with Gasteiger partial charge >= 0.3 is 0 Å². The van der Waals surface area contributed by atoms with Crippen LogP contribution in [0.15, 0.2) is 58.7 Å². The van der Waals surface area contributed by atoms with Crippen LogP contribution in [-0.2, 0) is 12.8 Å². The molecule has 7 heteroatoms. The van der Waals surface area contributed by atoms with Gasteiger partial charge in [-0.15, -0.1) is 5.11 Å². The Hall–Kier alpha value is -3.61. The number of nitrogens with one attached hydrogen (secondary N) is 2. The summed E-state index contributed by atoms with van der Waals surface area (Å²) >= 11 is 0. The summed E-state index contributed by atoms with van der Waals surface area (Å²) in [6.45, 7) is 2.10. The van der Waals surface area contributed by atoms with Crippen LogP contribution in [0.3, 0.4) is 0 Å². The Kier molecular flexibility index (Phi) is 4.33. The first-order valence-corrected chi connectivity index (χ1v) is 8.74. The number of hydrogen-bond donors (Lipinski definition) is 3. The van der Waals surface area contributed by atoms with Crippen molar-refractivity contribution in [2.24, 2.45) is 16.1 Å². The first-order chi connectivity index (χ1) is 13.2. The summed E-state index contributed by atoms with van der Waals surface area (Å²) in [5, 5.41) is 8.99. The van der Waals surface area contributed by atoms with E-state index in [9.17, 15) is 0 Å². The summed E-state index contributed by atoms with van der Waals surface area (Å²) < 4.78 is 0. The summed E-state index contributed by atoms with van der Waals surface area (Å²) in [5.41, 5.74) is 11.8. The molecule has 0 amide bonds. The molecule has 4 N–H and O–H groups in total. The number of H-pyrrole nitrogens is 1. The van der Waals surface area contributed by atoms with Gasteiger partial charge in [-0.05, 0) is 18.1 Å². The van der Waals surface area contributed by atoms with Crippen LogP contribution in [0.4, 0.5) is 0 Å². The lowest BCUT2D eigenvalue weighted by molar-refractivity contribution is 0.930. The number of amidine groups is 1. The zero-order valence-corrected chi connectivity index (χ0v) is 14.9. The molecule has 0 aliphatic carbocycles. The molecular weight excluding hydrogens is 338 g/mol. The highest BCUT2D eigenvalue weighted by atomic mass is 15.2. The van der Waals surface area contributed by atoms with Gasteiger partial charge in [-0.3, -0.25) is 0 Å². The first kappa shape index (κ1) is 16.8. The molecule has 0 spiro atoms. The summed E-state index contributed by atoms with van der Waals surface area (Å²) in [6, 6.07) is 15.9. The molecule has 27 heavy (non-hydrogen) atoms. The number of fused-ring (bicyclic) bond motifs is 3. The molecule has 0 bridgehead atoms. The van der Waals surface area contributed by atoms with Crippen molar-refractivity contribution >= 4 is 27.8 Å². The van der Waals surface area contributed by atoms with Crippen molar-refractivity contribution in [3.8, 4) is 0 Å². The minimum absolute atomic E-state index is 0.183. The number of aromatic amines is 1. The van der Waals surface area contributed by atoms with Crippen LogP contribution in [0.25, 0.3) is 21.9 Å². The second-order valence-corrected chi connectivity index (χ2v) is 6.28. The van der Waals surface area contributed by atoms with Crippen LogP contribution in [0.1, 0.15) is 29.6 Å². The van der Waals surface area contributed by atoms with E-state index in [0.717, 1.165) is 39.9 Å². The number of nitrogens with two attached hydrogens (primary N) is 1. The summed E-state index contributed by atoms with van der Waals surface area (Å²) in [7, 11) is 0. The Balaban J connectivity index is 1.86. The second kappa shape index (κ2) is 6.95. The van der Waals surface area contributed by atoms with Gasteiger partial charge < -0.3 is 10.8 Å². The molecule has 134 valence electrons. The van der Waals surface area contributed by atoms with Crippen LogP contribution < -0.4 is 5.84 Å². The van der Waals surface area contributed by atoms with Gasteiger partial charge in [0.05, 0.1) is 5.69 Å². The van der Waals surface area contributed by atoms with Crippen LogP contribution in [0.2, 0.25) is 0 Å². The van der Waals surface area contributed by atoms with Gasteiger partial charge in [0.25, 0.3) is 0 Å². The summed E-state index contributed by atoms with van der Waals surface area (Å²) in [6.07, 6.45) is 1.50. The number of aromatic nitrogens is 3. The molecule has 0 unspecified atom stereocenters. The SMILES string of the molecule is CCc1nc(Cc2ccccc2)nc2[nH]c3cc(/C(N=N)=N/N)ccc3c12. The number of rotatable bonds is 4. The topological polar surface area (TPSA) is 116 Å². The fourth-order valence-corrected chi connectivity index (χ4v) is 3.35. The van der Waals surface area contributed by atoms with Gasteiger partial charge in [-0.2, -0.15) is 5.10 Å². The second-order valence-electron chi connectivity index (χ2n) is 6.28. The molecule has 0 aliphatic heterocycles. The van der Waals surface area contributed by atoms with E-state index in [1.165, 1.54) is 5.56 Å². The zero-order valence-electron chi connectivity index (χ0n) is 14.9. The minimum Gasteiger partial charge on any atom is -0.339 e.